The van der Waals surface area contributed by atoms with Gasteiger partial charge in [0.1, 0.15) is 6.04 Å². The summed E-state index contributed by atoms with van der Waals surface area (Å²) in [5.74, 6) is -0.455. The lowest BCUT2D eigenvalue weighted by atomic mass is 10.1. The quantitative estimate of drug-likeness (QED) is 0.826. The molecule has 0 bridgehead atoms. The first kappa shape index (κ1) is 14.9. The maximum absolute atomic E-state index is 11.2. The molecule has 1 aromatic rings. The second-order valence-electron chi connectivity index (χ2n) is 2.67. The third-order valence-corrected chi connectivity index (χ3v) is 2.96. The van der Waals surface area contributed by atoms with Crippen LogP contribution in [-0.2, 0) is 9.53 Å². The Kier molecular flexibility index (Phi) is 6.43. The minimum Gasteiger partial charge on any atom is -0.468 e. The van der Waals surface area contributed by atoms with Crippen LogP contribution in [0.25, 0.3) is 0 Å². The molecule has 84 valence electrons. The van der Waals surface area contributed by atoms with Gasteiger partial charge in [-0.05, 0) is 23.8 Å². The van der Waals surface area contributed by atoms with Gasteiger partial charge in [-0.25, -0.2) is 0 Å². The number of halogens is 3. The number of benzene rings is 1. The number of carbonyl (C=O) groups excluding carboxylic acids is 1. The van der Waals surface area contributed by atoms with Gasteiger partial charge in [0.15, 0.2) is 0 Å². The third-order valence-electron chi connectivity index (χ3n) is 1.75. The van der Waals surface area contributed by atoms with E-state index in [1.807, 2.05) is 12.1 Å². The first-order valence-electron chi connectivity index (χ1n) is 3.84. The van der Waals surface area contributed by atoms with Crippen molar-refractivity contribution in [3.05, 3.63) is 32.7 Å². The molecule has 0 amide bonds. The average Bonchev–Trinajstić information content (AvgIpc) is 2.19. The number of ether oxygens (including phenoxy) is 1. The standard InChI is InChI=1S/C9H9Br2NO2.ClH/c1-14-9(13)8(12)6-4-5(10)2-3-7(6)11;/h2-4,8H,12H2,1H3;1H/t8-;/m1./s1. The van der Waals surface area contributed by atoms with E-state index in [9.17, 15) is 4.79 Å². The van der Waals surface area contributed by atoms with E-state index in [1.165, 1.54) is 7.11 Å². The van der Waals surface area contributed by atoms with Gasteiger partial charge in [-0.3, -0.25) is 4.79 Å². The summed E-state index contributed by atoms with van der Waals surface area (Å²) in [6, 6.07) is 4.71. The molecule has 0 saturated heterocycles. The van der Waals surface area contributed by atoms with Crippen molar-refractivity contribution in [1.29, 1.82) is 0 Å². The van der Waals surface area contributed by atoms with Crippen molar-refractivity contribution in [1.82, 2.24) is 0 Å². The van der Waals surface area contributed by atoms with Gasteiger partial charge in [-0.2, -0.15) is 0 Å². The van der Waals surface area contributed by atoms with Crippen LogP contribution in [-0.4, -0.2) is 13.1 Å². The van der Waals surface area contributed by atoms with Crippen molar-refractivity contribution in [3.63, 3.8) is 0 Å². The van der Waals surface area contributed by atoms with Gasteiger partial charge >= 0.3 is 5.97 Å². The Morgan fingerprint density at radius 2 is 2.07 bits per heavy atom. The molecule has 0 spiro atoms. The van der Waals surface area contributed by atoms with Gasteiger partial charge in [0.05, 0.1) is 7.11 Å². The summed E-state index contributed by atoms with van der Waals surface area (Å²) < 4.78 is 6.22. The van der Waals surface area contributed by atoms with Crippen LogP contribution in [0.5, 0.6) is 0 Å². The highest BCUT2D eigenvalue weighted by molar-refractivity contribution is 9.11. The predicted molar refractivity (Wildman–Crippen MR) is 68.0 cm³/mol. The van der Waals surface area contributed by atoms with E-state index in [0.717, 1.165) is 8.95 Å². The van der Waals surface area contributed by atoms with Crippen molar-refractivity contribution >= 4 is 50.2 Å². The zero-order valence-electron chi connectivity index (χ0n) is 7.87. The number of rotatable bonds is 2. The van der Waals surface area contributed by atoms with Crippen LogP contribution in [0.3, 0.4) is 0 Å². The van der Waals surface area contributed by atoms with Gasteiger partial charge in [0, 0.05) is 8.95 Å². The highest BCUT2D eigenvalue weighted by Gasteiger charge is 2.18. The van der Waals surface area contributed by atoms with E-state index in [-0.39, 0.29) is 12.4 Å². The molecule has 0 radical (unpaired) electrons. The Bertz CT molecular complexity index is 360. The molecule has 1 aromatic carbocycles. The minimum absolute atomic E-state index is 0. The van der Waals surface area contributed by atoms with E-state index < -0.39 is 12.0 Å². The molecule has 3 nitrogen and oxygen atoms in total. The molecular formula is C9H10Br2ClNO2. The van der Waals surface area contributed by atoms with Crippen LogP contribution >= 0.6 is 44.3 Å². The molecule has 0 unspecified atom stereocenters. The first-order chi connectivity index (χ1) is 6.56. The zero-order chi connectivity index (χ0) is 10.7. The smallest absolute Gasteiger partial charge is 0.327 e. The van der Waals surface area contributed by atoms with Crippen LogP contribution in [0.4, 0.5) is 0 Å². The minimum atomic E-state index is -0.758. The Balaban J connectivity index is 0.00000196. The Hall–Kier alpha value is -0.100. The zero-order valence-corrected chi connectivity index (χ0v) is 11.9. The van der Waals surface area contributed by atoms with Crippen LogP contribution in [0.1, 0.15) is 11.6 Å². The van der Waals surface area contributed by atoms with Crippen molar-refractivity contribution < 1.29 is 9.53 Å². The molecule has 0 aromatic heterocycles. The first-order valence-corrected chi connectivity index (χ1v) is 5.43. The summed E-state index contributed by atoms with van der Waals surface area (Å²) in [4.78, 5) is 11.2. The lowest BCUT2D eigenvalue weighted by Crippen LogP contribution is -2.22. The van der Waals surface area contributed by atoms with Crippen LogP contribution in [0, 0.1) is 0 Å². The summed E-state index contributed by atoms with van der Waals surface area (Å²) >= 11 is 6.63. The molecule has 0 aliphatic heterocycles. The molecule has 1 atom stereocenters. The summed E-state index contributed by atoms with van der Waals surface area (Å²) in [5, 5.41) is 0. The molecule has 1 rings (SSSR count). The van der Waals surface area contributed by atoms with Gasteiger partial charge in [0.2, 0.25) is 0 Å². The number of carbonyl (C=O) groups is 1. The van der Waals surface area contributed by atoms with Gasteiger partial charge in [-0.15, -0.1) is 12.4 Å². The summed E-state index contributed by atoms with van der Waals surface area (Å²) in [6.07, 6.45) is 0. The number of hydrogen-bond donors (Lipinski definition) is 1. The molecular weight excluding hydrogens is 349 g/mol. The number of nitrogens with two attached hydrogens (primary N) is 1. The van der Waals surface area contributed by atoms with Crippen molar-refractivity contribution in [3.8, 4) is 0 Å². The fourth-order valence-electron chi connectivity index (χ4n) is 1.01. The largest absolute Gasteiger partial charge is 0.468 e. The summed E-state index contributed by atoms with van der Waals surface area (Å²) in [6.45, 7) is 0. The van der Waals surface area contributed by atoms with E-state index in [2.05, 4.69) is 36.6 Å². The van der Waals surface area contributed by atoms with Crippen LogP contribution < -0.4 is 5.73 Å². The Labute approximate surface area is 111 Å². The number of methoxy groups -OCH3 is 1. The van der Waals surface area contributed by atoms with Gasteiger partial charge in [0.25, 0.3) is 0 Å². The highest BCUT2D eigenvalue weighted by Crippen LogP contribution is 2.26. The highest BCUT2D eigenvalue weighted by atomic mass is 79.9. The number of esters is 1. The normalized spacial score (nSPS) is 11.5. The maximum Gasteiger partial charge on any atom is 0.327 e. The monoisotopic (exact) mass is 357 g/mol. The van der Waals surface area contributed by atoms with Crippen LogP contribution in [0.15, 0.2) is 27.1 Å². The fraction of sp³-hybridized carbons (Fsp3) is 0.222. The van der Waals surface area contributed by atoms with Crippen molar-refractivity contribution in [2.24, 2.45) is 5.73 Å². The molecule has 2 N–H and O–H groups in total. The molecule has 0 saturated carbocycles. The number of hydrogen-bond acceptors (Lipinski definition) is 3. The molecule has 0 aliphatic rings. The predicted octanol–water partition coefficient (Wildman–Crippen LogP) is 2.81. The van der Waals surface area contributed by atoms with Crippen LogP contribution in [0.2, 0.25) is 0 Å². The molecule has 0 fully saturated rings. The van der Waals surface area contributed by atoms with E-state index in [0.29, 0.717) is 5.56 Å². The maximum atomic E-state index is 11.2. The summed E-state index contributed by atoms with van der Waals surface area (Å²) in [7, 11) is 1.31. The Morgan fingerprint density at radius 1 is 1.47 bits per heavy atom. The SMILES string of the molecule is COC(=O)[C@H](N)c1cc(Br)ccc1Br.Cl. The Morgan fingerprint density at radius 3 is 2.60 bits per heavy atom. The molecule has 6 heteroatoms. The van der Waals surface area contributed by atoms with Gasteiger partial charge < -0.3 is 10.5 Å². The van der Waals surface area contributed by atoms with Crippen molar-refractivity contribution in [2.75, 3.05) is 7.11 Å². The molecule has 15 heavy (non-hydrogen) atoms. The van der Waals surface area contributed by atoms with E-state index in [4.69, 9.17) is 5.73 Å². The lowest BCUT2D eigenvalue weighted by Gasteiger charge is -2.11. The second-order valence-corrected chi connectivity index (χ2v) is 4.44. The van der Waals surface area contributed by atoms with E-state index >= 15 is 0 Å². The molecule has 0 aliphatic carbocycles. The fourth-order valence-corrected chi connectivity index (χ4v) is 1.88. The molecule has 0 heterocycles. The van der Waals surface area contributed by atoms with E-state index in [1.54, 1.807) is 6.07 Å². The topological polar surface area (TPSA) is 52.3 Å². The summed E-state index contributed by atoms with van der Waals surface area (Å²) in [5.41, 5.74) is 6.39. The van der Waals surface area contributed by atoms with Crippen molar-refractivity contribution in [2.45, 2.75) is 6.04 Å². The third kappa shape index (κ3) is 3.75. The second kappa shape index (κ2) is 6.48. The lowest BCUT2D eigenvalue weighted by molar-refractivity contribution is -0.142. The average molecular weight is 359 g/mol. The van der Waals surface area contributed by atoms with Gasteiger partial charge in [-0.1, -0.05) is 31.9 Å².